The smallest absolute Gasteiger partial charge is 0.126 e. The lowest BCUT2D eigenvalue weighted by Gasteiger charge is -2.67. The van der Waals surface area contributed by atoms with E-state index in [0.29, 0.717) is 5.56 Å². The molecule has 20 heteroatoms. The van der Waals surface area contributed by atoms with Gasteiger partial charge in [0.15, 0.2) is 0 Å². The van der Waals surface area contributed by atoms with Gasteiger partial charge in [0.25, 0.3) is 0 Å². The third kappa shape index (κ3) is 8.32. The van der Waals surface area contributed by atoms with E-state index in [1.807, 2.05) is 30.3 Å². The molecule has 1 aromatic rings. The van der Waals surface area contributed by atoms with Gasteiger partial charge in [-0.05, 0) is 27.6 Å². The third-order valence-electron chi connectivity index (χ3n) is 7.94. The molecule has 5 unspecified atom stereocenters. The van der Waals surface area contributed by atoms with Crippen molar-refractivity contribution in [3.8, 4) is 0 Å². The maximum absolute atomic E-state index is 6.87. The van der Waals surface area contributed by atoms with Crippen LogP contribution in [-0.2, 0) is 5.41 Å². The lowest BCUT2D eigenvalue weighted by molar-refractivity contribution is 0.0813. The summed E-state index contributed by atoms with van der Waals surface area (Å²) in [4.78, 5) is 0. The molecular weight excluding hydrogens is 888 g/mol. The number of hydrogen-bond acceptors (Lipinski definition) is 0. The first-order valence-corrected chi connectivity index (χ1v) is 36.6. The fourth-order valence-corrected chi connectivity index (χ4v) is 21.0. The van der Waals surface area contributed by atoms with E-state index in [4.69, 9.17) is 166 Å². The fraction of sp³-hybridized carbons (Fsp3) is 0.667. The minimum Gasteiger partial charge on any atom is -0.126 e. The molecule has 0 fully saturated rings. The summed E-state index contributed by atoms with van der Waals surface area (Å²) < 4.78 is 0. The van der Waals surface area contributed by atoms with Crippen molar-refractivity contribution in [2.24, 2.45) is 5.41 Å². The van der Waals surface area contributed by atoms with E-state index >= 15 is 0 Å². The summed E-state index contributed by atoms with van der Waals surface area (Å²) in [6.45, 7) is 8.86. The zero-order valence-corrected chi connectivity index (χ0v) is 36.8. The highest BCUT2D eigenvalue weighted by Crippen LogP contribution is 2.79. The Hall–Kier alpha value is 4.65. The molecule has 0 heterocycles. The van der Waals surface area contributed by atoms with Crippen LogP contribution >= 0.6 is 166 Å². The van der Waals surface area contributed by atoms with Gasteiger partial charge in [-0.1, -0.05) is 65.0 Å². The van der Waals surface area contributed by atoms with Gasteiger partial charge in [0.05, 0.1) is 0 Å². The number of hydrogen-bond donors (Lipinski definition) is 0. The normalized spacial score (nSPS) is 21.6. The SMILES string of the molecule is CC(C(c1ccccc1)(C(C)[Si](Cl)(Cl)Cl)C(C(C)[Si](Cl)(Cl)Cl)(C(C)[Si](Cl)(Cl)Cl)C(C)[Si](Cl)(Cl)Cl)[Si](Cl)(Cl)Cl. The van der Waals surface area contributed by atoms with Gasteiger partial charge in [-0.3, -0.25) is 0 Å². The van der Waals surface area contributed by atoms with Gasteiger partial charge in [-0.15, -0.1) is 166 Å². The Morgan fingerprint density at radius 2 is 0.658 bits per heavy atom. The molecule has 0 aliphatic rings. The Balaban J connectivity index is 4.89. The van der Waals surface area contributed by atoms with Crippen molar-refractivity contribution in [3.05, 3.63) is 35.9 Å². The minimum atomic E-state index is -3.75. The van der Waals surface area contributed by atoms with E-state index in [1.54, 1.807) is 34.6 Å². The number of benzene rings is 1. The van der Waals surface area contributed by atoms with Crippen LogP contribution in [0, 0.1) is 5.41 Å². The van der Waals surface area contributed by atoms with Crippen LogP contribution in [0.25, 0.3) is 0 Å². The van der Waals surface area contributed by atoms with Crippen molar-refractivity contribution in [1.29, 1.82) is 0 Å². The van der Waals surface area contributed by atoms with Crippen LogP contribution < -0.4 is 0 Å². The molecule has 0 aromatic heterocycles. The topological polar surface area (TPSA) is 0 Å². The second-order valence-electron chi connectivity index (χ2n) is 9.48. The molecule has 0 aliphatic carbocycles. The highest BCUT2D eigenvalue weighted by molar-refractivity contribution is 7.68. The zero-order valence-electron chi connectivity index (χ0n) is 20.4. The monoisotopic (exact) mass is 906 g/mol. The van der Waals surface area contributed by atoms with E-state index in [9.17, 15) is 0 Å². The molecule has 1 rings (SSSR count). The van der Waals surface area contributed by atoms with E-state index in [2.05, 4.69) is 0 Å². The molecule has 38 heavy (non-hydrogen) atoms. The Bertz CT molecular complexity index is 850. The van der Waals surface area contributed by atoms with Crippen LogP contribution in [0.4, 0.5) is 0 Å². The average molecular weight is 914 g/mol. The highest BCUT2D eigenvalue weighted by Gasteiger charge is 2.76. The summed E-state index contributed by atoms with van der Waals surface area (Å²) in [6, 6.07) is -9.53. The summed E-state index contributed by atoms with van der Waals surface area (Å²) in [5.74, 6) is 0. The Morgan fingerprint density at radius 3 is 0.868 bits per heavy atom. The Labute approximate surface area is 301 Å². The molecule has 0 amide bonds. The molecule has 0 spiro atoms. The Morgan fingerprint density at radius 1 is 0.421 bits per heavy atom. The molecule has 0 saturated heterocycles. The summed E-state index contributed by atoms with van der Waals surface area (Å²) in [7, 11) is 0. The second kappa shape index (κ2) is 14.2. The predicted octanol–water partition coefficient (Wildman–Crippen LogP) is 14.1. The van der Waals surface area contributed by atoms with Gasteiger partial charge in [-0.25, -0.2) is 0 Å². The highest BCUT2D eigenvalue weighted by atomic mass is 35.9. The standard InChI is InChI=1S/C18H25Cl15Si5/c1-11(34(19,20)21)17(12(2)35(22,23)24,13(3)36(25,26)27)18(14(4)37(28,29)30,15(5)38(31,32)33)16-9-7-6-8-10-16/h6-15H,1-5H3. The van der Waals surface area contributed by atoms with Gasteiger partial charge in [0.2, 0.25) is 0 Å². The van der Waals surface area contributed by atoms with Crippen LogP contribution in [0.15, 0.2) is 30.3 Å². The van der Waals surface area contributed by atoms with Crippen molar-refractivity contribution in [2.75, 3.05) is 0 Å². The predicted molar refractivity (Wildman–Crippen MR) is 194 cm³/mol. The van der Waals surface area contributed by atoms with Gasteiger partial charge in [0, 0.05) is 16.5 Å². The van der Waals surface area contributed by atoms with Gasteiger partial charge >= 0.3 is 30.0 Å². The molecule has 0 N–H and O–H groups in total. The number of rotatable bonds is 12. The first kappa shape index (κ1) is 40.7. The first-order valence-electron chi connectivity index (χ1n) is 11.0. The Kier molecular flexibility index (Phi) is 15.2. The fourth-order valence-electron chi connectivity index (χ4n) is 6.12. The molecule has 0 bridgehead atoms. The molecule has 0 nitrogen and oxygen atoms in total. The molecule has 0 aliphatic heterocycles. The molecule has 5 atom stereocenters. The third-order valence-corrected chi connectivity index (χ3v) is 29.9. The quantitative estimate of drug-likeness (QED) is 0.145. The summed E-state index contributed by atoms with van der Waals surface area (Å²) >= 11 is 103. The summed E-state index contributed by atoms with van der Waals surface area (Å²) in [5, 5.41) is 0. The van der Waals surface area contributed by atoms with Crippen molar-refractivity contribution in [2.45, 2.75) is 67.7 Å². The van der Waals surface area contributed by atoms with Crippen molar-refractivity contribution >= 4 is 196 Å². The van der Waals surface area contributed by atoms with Gasteiger partial charge in [0.1, 0.15) is 0 Å². The maximum Gasteiger partial charge on any atom is 0.344 e. The van der Waals surface area contributed by atoms with Crippen molar-refractivity contribution < 1.29 is 0 Å². The van der Waals surface area contributed by atoms with Crippen LogP contribution in [0.3, 0.4) is 0 Å². The molecule has 0 radical (unpaired) electrons. The largest absolute Gasteiger partial charge is 0.344 e. The lowest BCUT2D eigenvalue weighted by Crippen LogP contribution is -2.66. The molecule has 222 valence electrons. The second-order valence-corrected chi connectivity index (χ2v) is 54.8. The molecule has 1 aromatic carbocycles. The molecular formula is C18H25Cl15Si5. The maximum atomic E-state index is 6.87. The molecule has 0 saturated carbocycles. The van der Waals surface area contributed by atoms with E-state index < -0.39 is 68.6 Å². The van der Waals surface area contributed by atoms with Crippen LogP contribution in [0.1, 0.15) is 40.2 Å². The van der Waals surface area contributed by atoms with Crippen molar-refractivity contribution in [1.82, 2.24) is 0 Å². The van der Waals surface area contributed by atoms with Gasteiger partial charge in [-0.2, -0.15) is 0 Å². The lowest BCUT2D eigenvalue weighted by atomic mass is 9.52. The van der Waals surface area contributed by atoms with Gasteiger partial charge < -0.3 is 0 Å². The summed E-state index contributed by atoms with van der Waals surface area (Å²) in [5.41, 5.74) is -6.26. The van der Waals surface area contributed by atoms with E-state index in [-0.39, 0.29) is 0 Å². The van der Waals surface area contributed by atoms with Crippen LogP contribution in [0.2, 0.25) is 27.7 Å². The van der Waals surface area contributed by atoms with E-state index in [1.165, 1.54) is 0 Å². The summed E-state index contributed by atoms with van der Waals surface area (Å²) in [6.07, 6.45) is 0. The number of halogens is 15. The first-order chi connectivity index (χ1) is 16.6. The average Bonchev–Trinajstić information content (AvgIpc) is 2.73. The van der Waals surface area contributed by atoms with Crippen LogP contribution in [-0.4, -0.2) is 30.0 Å². The van der Waals surface area contributed by atoms with Crippen LogP contribution in [0.5, 0.6) is 0 Å². The van der Waals surface area contributed by atoms with Crippen molar-refractivity contribution in [3.63, 3.8) is 0 Å². The zero-order chi connectivity index (χ0) is 30.5. The van der Waals surface area contributed by atoms with E-state index in [0.717, 1.165) is 0 Å². The minimum absolute atomic E-state index is 0.651.